The van der Waals surface area contributed by atoms with Crippen molar-refractivity contribution in [3.8, 4) is 16.9 Å². The van der Waals surface area contributed by atoms with Gasteiger partial charge in [-0.1, -0.05) is 12.1 Å². The minimum absolute atomic E-state index is 0.251. The fourth-order valence-electron chi connectivity index (χ4n) is 1.36. The number of aromatic nitrogens is 1. The lowest BCUT2D eigenvalue weighted by Gasteiger charge is -2.09. The summed E-state index contributed by atoms with van der Waals surface area (Å²) < 4.78 is 39.9. The quantitative estimate of drug-likeness (QED) is 0.799. The number of ether oxygens (including phenoxy) is 1. The Kier molecular flexibility index (Phi) is 2.99. The number of pyridine rings is 1. The Morgan fingerprint density at radius 2 is 2.00 bits per heavy atom. The van der Waals surface area contributed by atoms with Gasteiger partial charge in [-0.15, -0.1) is 13.2 Å². The zero-order valence-corrected chi connectivity index (χ0v) is 8.53. The SMILES string of the molecule is FC(F)(F)Oc1cccc(-c2c[c]cnc2)c1. The van der Waals surface area contributed by atoms with E-state index in [1.54, 1.807) is 18.3 Å². The average Bonchev–Trinajstić information content (AvgIpc) is 2.28. The monoisotopic (exact) mass is 238 g/mol. The lowest BCUT2D eigenvalue weighted by Crippen LogP contribution is -2.17. The number of hydrogen-bond acceptors (Lipinski definition) is 2. The van der Waals surface area contributed by atoms with Gasteiger partial charge in [0, 0.05) is 24.0 Å². The first kappa shape index (κ1) is 11.4. The largest absolute Gasteiger partial charge is 0.573 e. The van der Waals surface area contributed by atoms with Crippen LogP contribution < -0.4 is 4.74 Å². The van der Waals surface area contributed by atoms with Crippen molar-refractivity contribution in [2.24, 2.45) is 0 Å². The summed E-state index contributed by atoms with van der Waals surface area (Å²) in [6, 6.07) is 10.1. The van der Waals surface area contributed by atoms with Gasteiger partial charge in [0.25, 0.3) is 0 Å². The molecular weight excluding hydrogens is 231 g/mol. The molecule has 1 radical (unpaired) electrons. The summed E-state index contributed by atoms with van der Waals surface area (Å²) in [6.07, 6.45) is -1.66. The molecule has 0 aliphatic heterocycles. The summed E-state index contributed by atoms with van der Waals surface area (Å²) >= 11 is 0. The molecule has 0 spiro atoms. The second-order valence-electron chi connectivity index (χ2n) is 3.25. The maximum Gasteiger partial charge on any atom is 0.573 e. The van der Waals surface area contributed by atoms with E-state index < -0.39 is 6.36 Å². The summed E-state index contributed by atoms with van der Waals surface area (Å²) in [6.45, 7) is 0. The van der Waals surface area contributed by atoms with Crippen LogP contribution in [-0.2, 0) is 0 Å². The maximum absolute atomic E-state index is 12.0. The van der Waals surface area contributed by atoms with Crippen LogP contribution >= 0.6 is 0 Å². The van der Waals surface area contributed by atoms with Crippen molar-refractivity contribution in [2.45, 2.75) is 6.36 Å². The van der Waals surface area contributed by atoms with Gasteiger partial charge in [0.05, 0.1) is 0 Å². The van der Waals surface area contributed by atoms with Crippen LogP contribution in [0.15, 0.2) is 42.7 Å². The second-order valence-corrected chi connectivity index (χ2v) is 3.25. The lowest BCUT2D eigenvalue weighted by atomic mass is 10.1. The average molecular weight is 238 g/mol. The zero-order valence-electron chi connectivity index (χ0n) is 8.53. The fourth-order valence-corrected chi connectivity index (χ4v) is 1.36. The van der Waals surface area contributed by atoms with E-state index in [4.69, 9.17) is 0 Å². The highest BCUT2D eigenvalue weighted by atomic mass is 19.4. The van der Waals surface area contributed by atoms with E-state index in [2.05, 4.69) is 15.8 Å². The fraction of sp³-hybridized carbons (Fsp3) is 0.0833. The van der Waals surface area contributed by atoms with Crippen LogP contribution in [0.2, 0.25) is 0 Å². The molecule has 0 saturated heterocycles. The first-order chi connectivity index (χ1) is 8.04. The van der Waals surface area contributed by atoms with Crippen molar-refractivity contribution in [1.82, 2.24) is 4.98 Å². The number of halogens is 3. The Morgan fingerprint density at radius 3 is 2.65 bits per heavy atom. The molecule has 0 amide bonds. The molecule has 1 aromatic carbocycles. The Hall–Kier alpha value is -2.04. The Morgan fingerprint density at radius 1 is 1.18 bits per heavy atom. The third-order valence-electron chi connectivity index (χ3n) is 2.00. The van der Waals surface area contributed by atoms with Gasteiger partial charge >= 0.3 is 6.36 Å². The third kappa shape index (κ3) is 3.21. The van der Waals surface area contributed by atoms with Crippen molar-refractivity contribution in [1.29, 1.82) is 0 Å². The smallest absolute Gasteiger partial charge is 0.406 e. The van der Waals surface area contributed by atoms with Crippen molar-refractivity contribution in [2.75, 3.05) is 0 Å². The van der Waals surface area contributed by atoms with Crippen LogP contribution in [0.25, 0.3) is 11.1 Å². The van der Waals surface area contributed by atoms with Crippen LogP contribution in [0.5, 0.6) is 5.75 Å². The number of rotatable bonds is 2. The molecule has 2 aromatic rings. The van der Waals surface area contributed by atoms with E-state index in [-0.39, 0.29) is 5.75 Å². The minimum atomic E-state index is -4.68. The van der Waals surface area contributed by atoms with Gasteiger partial charge < -0.3 is 4.74 Å². The van der Waals surface area contributed by atoms with Gasteiger partial charge in [0.2, 0.25) is 0 Å². The molecule has 0 bridgehead atoms. The highest BCUT2D eigenvalue weighted by Crippen LogP contribution is 2.27. The topological polar surface area (TPSA) is 22.1 Å². The Balaban J connectivity index is 2.29. The summed E-state index contributed by atoms with van der Waals surface area (Å²) in [5, 5.41) is 0. The van der Waals surface area contributed by atoms with Crippen molar-refractivity contribution in [3.63, 3.8) is 0 Å². The molecule has 0 aliphatic rings. The summed E-state index contributed by atoms with van der Waals surface area (Å²) in [5.41, 5.74) is 1.27. The van der Waals surface area contributed by atoms with E-state index in [1.165, 1.54) is 24.4 Å². The number of nitrogens with zero attached hydrogens (tertiary/aromatic N) is 1. The van der Waals surface area contributed by atoms with E-state index in [9.17, 15) is 13.2 Å². The first-order valence-corrected chi connectivity index (χ1v) is 4.72. The third-order valence-corrected chi connectivity index (χ3v) is 2.00. The molecule has 0 aliphatic carbocycles. The van der Waals surface area contributed by atoms with Gasteiger partial charge in [-0.3, -0.25) is 4.98 Å². The summed E-state index contributed by atoms with van der Waals surface area (Å²) in [5.74, 6) is -0.251. The van der Waals surface area contributed by atoms with Crippen molar-refractivity contribution in [3.05, 3.63) is 48.8 Å². The molecule has 87 valence electrons. The van der Waals surface area contributed by atoms with E-state index in [1.807, 2.05) is 0 Å². The minimum Gasteiger partial charge on any atom is -0.406 e. The first-order valence-electron chi connectivity index (χ1n) is 4.72. The van der Waals surface area contributed by atoms with Gasteiger partial charge in [-0.05, 0) is 23.8 Å². The van der Waals surface area contributed by atoms with Crippen LogP contribution in [0.3, 0.4) is 0 Å². The molecule has 0 atom stereocenters. The van der Waals surface area contributed by atoms with Crippen LogP contribution in [0.1, 0.15) is 0 Å². The van der Waals surface area contributed by atoms with E-state index >= 15 is 0 Å². The standard InChI is InChI=1S/C12H7F3NO/c13-12(14,15)17-11-5-1-3-9(7-11)10-4-2-6-16-8-10/h1,3-8H. The Bertz CT molecular complexity index is 497. The molecule has 2 nitrogen and oxygen atoms in total. The molecule has 1 aromatic heterocycles. The van der Waals surface area contributed by atoms with Gasteiger partial charge in [-0.2, -0.15) is 0 Å². The molecule has 0 N–H and O–H groups in total. The molecule has 17 heavy (non-hydrogen) atoms. The normalized spacial score (nSPS) is 11.2. The molecular formula is C12H7F3NO. The molecule has 0 saturated carbocycles. The highest BCUT2D eigenvalue weighted by molar-refractivity contribution is 5.63. The predicted molar refractivity (Wildman–Crippen MR) is 55.2 cm³/mol. The maximum atomic E-state index is 12.0. The number of benzene rings is 1. The molecule has 0 unspecified atom stereocenters. The van der Waals surface area contributed by atoms with Crippen molar-refractivity contribution >= 4 is 0 Å². The molecule has 2 rings (SSSR count). The molecule has 0 fully saturated rings. The molecule has 5 heteroatoms. The van der Waals surface area contributed by atoms with Crippen LogP contribution in [0.4, 0.5) is 13.2 Å². The van der Waals surface area contributed by atoms with Crippen LogP contribution in [0, 0.1) is 6.07 Å². The summed E-state index contributed by atoms with van der Waals surface area (Å²) in [7, 11) is 0. The highest BCUT2D eigenvalue weighted by Gasteiger charge is 2.31. The van der Waals surface area contributed by atoms with Crippen LogP contribution in [-0.4, -0.2) is 11.3 Å². The second kappa shape index (κ2) is 4.45. The predicted octanol–water partition coefficient (Wildman–Crippen LogP) is 3.45. The van der Waals surface area contributed by atoms with Gasteiger partial charge in [0.1, 0.15) is 5.75 Å². The lowest BCUT2D eigenvalue weighted by molar-refractivity contribution is -0.274. The van der Waals surface area contributed by atoms with E-state index in [0.717, 1.165) is 0 Å². The number of hydrogen-bond donors (Lipinski definition) is 0. The summed E-state index contributed by atoms with van der Waals surface area (Å²) in [4.78, 5) is 3.85. The molecule has 1 heterocycles. The van der Waals surface area contributed by atoms with Crippen molar-refractivity contribution < 1.29 is 17.9 Å². The van der Waals surface area contributed by atoms with E-state index in [0.29, 0.717) is 11.1 Å². The van der Waals surface area contributed by atoms with Gasteiger partial charge in [0.15, 0.2) is 0 Å². The Labute approximate surface area is 95.7 Å². The zero-order chi connectivity index (χ0) is 12.3. The number of alkyl halides is 3. The van der Waals surface area contributed by atoms with Gasteiger partial charge in [-0.25, -0.2) is 0 Å².